The summed E-state index contributed by atoms with van der Waals surface area (Å²) < 4.78 is 5.23. The highest BCUT2D eigenvalue weighted by Gasteiger charge is 2.24. The van der Waals surface area contributed by atoms with E-state index in [0.29, 0.717) is 0 Å². The number of ether oxygens (including phenoxy) is 1. The molecule has 1 aliphatic rings. The SMILES string of the molecule is COc1ccc2c3c([nH]c2c1)CCC(CC(=O)O)C3. The van der Waals surface area contributed by atoms with Crippen LogP contribution in [0.1, 0.15) is 24.1 Å². The summed E-state index contributed by atoms with van der Waals surface area (Å²) in [5.74, 6) is 0.397. The van der Waals surface area contributed by atoms with Crippen LogP contribution in [0.25, 0.3) is 10.9 Å². The zero-order valence-corrected chi connectivity index (χ0v) is 10.9. The Labute approximate surface area is 111 Å². The average Bonchev–Trinajstić information content (AvgIpc) is 2.75. The third-order valence-corrected chi connectivity index (χ3v) is 3.96. The normalized spacial score (nSPS) is 18.3. The van der Waals surface area contributed by atoms with Crippen LogP contribution in [0, 0.1) is 5.92 Å². The van der Waals surface area contributed by atoms with Crippen LogP contribution in [0.5, 0.6) is 5.75 Å². The van der Waals surface area contributed by atoms with Gasteiger partial charge in [0, 0.05) is 29.1 Å². The molecule has 1 aromatic heterocycles. The summed E-state index contributed by atoms with van der Waals surface area (Å²) in [4.78, 5) is 14.3. The Kier molecular flexibility index (Phi) is 2.93. The molecule has 0 radical (unpaired) electrons. The molecule has 0 spiro atoms. The lowest BCUT2D eigenvalue weighted by molar-refractivity contribution is -0.138. The lowest BCUT2D eigenvalue weighted by Gasteiger charge is -2.20. The first-order chi connectivity index (χ1) is 9.17. The quantitative estimate of drug-likeness (QED) is 0.891. The van der Waals surface area contributed by atoms with Crippen molar-refractivity contribution in [1.82, 2.24) is 4.98 Å². The van der Waals surface area contributed by atoms with Crippen molar-refractivity contribution in [3.63, 3.8) is 0 Å². The first-order valence-electron chi connectivity index (χ1n) is 6.56. The van der Waals surface area contributed by atoms with Gasteiger partial charge in [-0.1, -0.05) is 0 Å². The molecule has 1 aliphatic carbocycles. The Bertz CT molecular complexity index is 630. The van der Waals surface area contributed by atoms with Crippen LogP contribution in [0.4, 0.5) is 0 Å². The highest BCUT2D eigenvalue weighted by molar-refractivity contribution is 5.86. The number of aromatic amines is 1. The van der Waals surface area contributed by atoms with Crippen molar-refractivity contribution in [3.05, 3.63) is 29.5 Å². The van der Waals surface area contributed by atoms with Gasteiger partial charge in [-0.15, -0.1) is 0 Å². The maximum Gasteiger partial charge on any atom is 0.303 e. The number of benzene rings is 1. The molecule has 0 saturated carbocycles. The van der Waals surface area contributed by atoms with E-state index in [9.17, 15) is 4.79 Å². The number of carbonyl (C=O) groups is 1. The summed E-state index contributed by atoms with van der Waals surface area (Å²) in [6.45, 7) is 0. The number of hydrogen-bond acceptors (Lipinski definition) is 2. The van der Waals surface area contributed by atoms with E-state index in [4.69, 9.17) is 9.84 Å². The standard InChI is InChI=1S/C15H17NO3/c1-19-10-3-4-11-12-6-9(7-15(17)18)2-5-13(12)16-14(11)8-10/h3-4,8-9,16H,2,5-7H2,1H3,(H,17,18). The third-order valence-electron chi connectivity index (χ3n) is 3.96. The number of carboxylic acid groups (broad SMARTS) is 1. The summed E-state index contributed by atoms with van der Waals surface area (Å²) >= 11 is 0. The van der Waals surface area contributed by atoms with Gasteiger partial charge in [0.15, 0.2) is 0 Å². The maximum atomic E-state index is 10.8. The summed E-state index contributed by atoms with van der Waals surface area (Å²) in [7, 11) is 1.66. The van der Waals surface area contributed by atoms with Crippen LogP contribution in [0.15, 0.2) is 18.2 Å². The van der Waals surface area contributed by atoms with Gasteiger partial charge in [-0.05, 0) is 42.9 Å². The number of methoxy groups -OCH3 is 1. The van der Waals surface area contributed by atoms with E-state index in [2.05, 4.69) is 11.1 Å². The van der Waals surface area contributed by atoms with Crippen LogP contribution in [-0.2, 0) is 17.6 Å². The van der Waals surface area contributed by atoms with Gasteiger partial charge in [0.1, 0.15) is 5.75 Å². The molecule has 1 atom stereocenters. The average molecular weight is 259 g/mol. The molecule has 1 heterocycles. The summed E-state index contributed by atoms with van der Waals surface area (Å²) in [6.07, 6.45) is 3.00. The van der Waals surface area contributed by atoms with Gasteiger partial charge in [0.05, 0.1) is 7.11 Å². The molecule has 4 heteroatoms. The number of carboxylic acids is 1. The Hall–Kier alpha value is -1.97. The Balaban J connectivity index is 1.97. The molecule has 0 amide bonds. The van der Waals surface area contributed by atoms with Crippen LogP contribution >= 0.6 is 0 Å². The third kappa shape index (κ3) is 2.18. The molecule has 1 unspecified atom stereocenters. The van der Waals surface area contributed by atoms with Crippen LogP contribution in [0.2, 0.25) is 0 Å². The molecule has 0 saturated heterocycles. The predicted molar refractivity (Wildman–Crippen MR) is 72.6 cm³/mol. The van der Waals surface area contributed by atoms with E-state index in [-0.39, 0.29) is 12.3 Å². The Morgan fingerprint density at radius 1 is 1.53 bits per heavy atom. The molecule has 100 valence electrons. The first-order valence-corrected chi connectivity index (χ1v) is 6.56. The number of fused-ring (bicyclic) bond motifs is 3. The van der Waals surface area contributed by atoms with Crippen LogP contribution in [0.3, 0.4) is 0 Å². The molecule has 2 aromatic rings. The molecule has 2 N–H and O–H groups in total. The summed E-state index contributed by atoms with van der Waals surface area (Å²) in [5, 5.41) is 10.1. The number of nitrogens with one attached hydrogen (secondary N) is 1. The van der Waals surface area contributed by atoms with Gasteiger partial charge in [0.25, 0.3) is 0 Å². The summed E-state index contributed by atoms with van der Waals surface area (Å²) in [6, 6.07) is 6.02. The number of rotatable bonds is 3. The van der Waals surface area contributed by atoms with E-state index < -0.39 is 5.97 Å². The van der Waals surface area contributed by atoms with Gasteiger partial charge in [-0.25, -0.2) is 0 Å². The van der Waals surface area contributed by atoms with E-state index in [0.717, 1.165) is 30.5 Å². The molecule has 0 fully saturated rings. The van der Waals surface area contributed by atoms with Gasteiger partial charge in [-0.3, -0.25) is 4.79 Å². The maximum absolute atomic E-state index is 10.8. The number of aryl methyl sites for hydroxylation is 1. The second-order valence-corrected chi connectivity index (χ2v) is 5.20. The van der Waals surface area contributed by atoms with Crippen molar-refractivity contribution in [2.45, 2.75) is 25.7 Å². The fraction of sp³-hybridized carbons (Fsp3) is 0.400. The lowest BCUT2D eigenvalue weighted by atomic mass is 9.84. The smallest absolute Gasteiger partial charge is 0.303 e. The number of H-pyrrole nitrogens is 1. The fourth-order valence-corrected chi connectivity index (χ4v) is 3.02. The minimum atomic E-state index is -0.699. The minimum absolute atomic E-state index is 0.256. The Morgan fingerprint density at radius 3 is 3.11 bits per heavy atom. The lowest BCUT2D eigenvalue weighted by Crippen LogP contribution is -2.16. The van der Waals surface area contributed by atoms with Gasteiger partial charge in [-0.2, -0.15) is 0 Å². The number of aliphatic carboxylic acids is 1. The minimum Gasteiger partial charge on any atom is -0.497 e. The van der Waals surface area contributed by atoms with Crippen molar-refractivity contribution >= 4 is 16.9 Å². The van der Waals surface area contributed by atoms with Gasteiger partial charge in [0.2, 0.25) is 0 Å². The topological polar surface area (TPSA) is 62.3 Å². The molecular formula is C15H17NO3. The van der Waals surface area contributed by atoms with Crippen LogP contribution in [-0.4, -0.2) is 23.2 Å². The van der Waals surface area contributed by atoms with E-state index in [1.165, 1.54) is 16.6 Å². The van der Waals surface area contributed by atoms with Gasteiger partial charge >= 0.3 is 5.97 Å². The highest BCUT2D eigenvalue weighted by atomic mass is 16.5. The predicted octanol–water partition coefficient (Wildman–Crippen LogP) is 2.76. The van der Waals surface area contributed by atoms with Gasteiger partial charge < -0.3 is 14.8 Å². The molecule has 1 aromatic carbocycles. The van der Waals surface area contributed by atoms with Crippen molar-refractivity contribution in [2.24, 2.45) is 5.92 Å². The molecule has 3 rings (SSSR count). The zero-order valence-electron chi connectivity index (χ0n) is 10.9. The van der Waals surface area contributed by atoms with E-state index >= 15 is 0 Å². The highest BCUT2D eigenvalue weighted by Crippen LogP contribution is 2.34. The van der Waals surface area contributed by atoms with E-state index in [1.807, 2.05) is 12.1 Å². The molecule has 4 nitrogen and oxygen atoms in total. The molecule has 19 heavy (non-hydrogen) atoms. The molecule has 0 aliphatic heterocycles. The molecular weight excluding hydrogens is 242 g/mol. The second-order valence-electron chi connectivity index (χ2n) is 5.20. The monoisotopic (exact) mass is 259 g/mol. The fourth-order valence-electron chi connectivity index (χ4n) is 3.02. The summed E-state index contributed by atoms with van der Waals surface area (Å²) in [5.41, 5.74) is 3.63. The number of aromatic nitrogens is 1. The van der Waals surface area contributed by atoms with Crippen molar-refractivity contribution in [2.75, 3.05) is 7.11 Å². The Morgan fingerprint density at radius 2 is 2.37 bits per heavy atom. The molecule has 0 bridgehead atoms. The van der Waals surface area contributed by atoms with E-state index in [1.54, 1.807) is 7.11 Å². The van der Waals surface area contributed by atoms with Crippen molar-refractivity contribution < 1.29 is 14.6 Å². The largest absolute Gasteiger partial charge is 0.497 e. The van der Waals surface area contributed by atoms with Crippen molar-refractivity contribution in [3.8, 4) is 5.75 Å². The van der Waals surface area contributed by atoms with Crippen LogP contribution < -0.4 is 4.74 Å². The zero-order chi connectivity index (χ0) is 13.4. The first kappa shape index (κ1) is 12.1. The van der Waals surface area contributed by atoms with Crippen molar-refractivity contribution in [1.29, 1.82) is 0 Å². The number of hydrogen-bond donors (Lipinski definition) is 2. The second kappa shape index (κ2) is 4.61.